The van der Waals surface area contributed by atoms with E-state index in [0.29, 0.717) is 5.33 Å². The summed E-state index contributed by atoms with van der Waals surface area (Å²) in [5.74, 6) is -0.601. The Morgan fingerprint density at radius 2 is 1.77 bits per heavy atom. The van der Waals surface area contributed by atoms with Crippen LogP contribution in [0.25, 0.3) is 0 Å². The van der Waals surface area contributed by atoms with Gasteiger partial charge in [0, 0.05) is 5.33 Å². The Morgan fingerprint density at radius 3 is 1.77 bits per heavy atom. The van der Waals surface area contributed by atoms with E-state index >= 15 is 0 Å². The quantitative estimate of drug-likeness (QED) is 0.782. The lowest BCUT2D eigenvalue weighted by Crippen LogP contribution is -2.48. The van der Waals surface area contributed by atoms with Crippen molar-refractivity contribution in [3.05, 3.63) is 0 Å². The van der Waals surface area contributed by atoms with Gasteiger partial charge in [0.25, 0.3) is 0 Å². The zero-order chi connectivity index (χ0) is 10.9. The topological polar surface area (TPSA) is 37.3 Å². The van der Waals surface area contributed by atoms with Crippen molar-refractivity contribution in [3.8, 4) is 0 Å². The standard InChI is InChI=1S/C10H19BrO2/c1-7(2)10(6-11,8(12)13)9(3,4)5/h7H,6H2,1-5H3,(H,12,13). The molecule has 0 saturated carbocycles. The zero-order valence-electron chi connectivity index (χ0n) is 9.02. The Bertz CT molecular complexity index is 194. The smallest absolute Gasteiger partial charge is 0.311 e. The van der Waals surface area contributed by atoms with E-state index in [-0.39, 0.29) is 11.3 Å². The lowest BCUT2D eigenvalue weighted by atomic mass is 9.62. The van der Waals surface area contributed by atoms with Crippen molar-refractivity contribution in [1.29, 1.82) is 0 Å². The summed E-state index contributed by atoms with van der Waals surface area (Å²) >= 11 is 3.33. The highest BCUT2D eigenvalue weighted by Crippen LogP contribution is 2.46. The summed E-state index contributed by atoms with van der Waals surface area (Å²) in [5.41, 5.74) is -0.927. The van der Waals surface area contributed by atoms with Crippen LogP contribution in [0, 0.1) is 16.7 Å². The molecule has 0 saturated heterocycles. The second kappa shape index (κ2) is 3.99. The van der Waals surface area contributed by atoms with Gasteiger partial charge in [0.2, 0.25) is 0 Å². The van der Waals surface area contributed by atoms with Crippen molar-refractivity contribution in [2.24, 2.45) is 16.7 Å². The van der Waals surface area contributed by atoms with Gasteiger partial charge in [-0.25, -0.2) is 0 Å². The number of aliphatic carboxylic acids is 1. The Hall–Kier alpha value is -0.0500. The molecular weight excluding hydrogens is 232 g/mol. The summed E-state index contributed by atoms with van der Waals surface area (Å²) in [6.45, 7) is 9.84. The third-order valence-electron chi connectivity index (χ3n) is 2.92. The molecule has 0 spiro atoms. The number of hydrogen-bond acceptors (Lipinski definition) is 1. The van der Waals surface area contributed by atoms with Gasteiger partial charge in [-0.05, 0) is 11.3 Å². The Morgan fingerprint density at radius 1 is 1.38 bits per heavy atom. The average molecular weight is 251 g/mol. The number of carboxylic acid groups (broad SMARTS) is 1. The maximum atomic E-state index is 11.3. The fourth-order valence-corrected chi connectivity index (χ4v) is 3.57. The highest BCUT2D eigenvalue weighted by atomic mass is 79.9. The zero-order valence-corrected chi connectivity index (χ0v) is 10.6. The van der Waals surface area contributed by atoms with E-state index in [9.17, 15) is 9.90 Å². The molecule has 0 aliphatic heterocycles. The van der Waals surface area contributed by atoms with Gasteiger partial charge < -0.3 is 5.11 Å². The minimum absolute atomic E-state index is 0.115. The van der Waals surface area contributed by atoms with Crippen molar-refractivity contribution < 1.29 is 9.90 Å². The fraction of sp³-hybridized carbons (Fsp3) is 0.900. The molecule has 3 heteroatoms. The summed E-state index contributed by atoms with van der Waals surface area (Å²) in [6, 6.07) is 0. The van der Waals surface area contributed by atoms with Crippen molar-refractivity contribution >= 4 is 21.9 Å². The van der Waals surface area contributed by atoms with E-state index in [1.165, 1.54) is 0 Å². The van der Waals surface area contributed by atoms with Gasteiger partial charge in [-0.2, -0.15) is 0 Å². The fourth-order valence-electron chi connectivity index (χ4n) is 1.85. The van der Waals surface area contributed by atoms with Gasteiger partial charge >= 0.3 is 5.97 Å². The first-order valence-corrected chi connectivity index (χ1v) is 5.61. The van der Waals surface area contributed by atoms with E-state index in [4.69, 9.17) is 0 Å². The van der Waals surface area contributed by atoms with Gasteiger partial charge in [0.1, 0.15) is 0 Å². The monoisotopic (exact) mass is 250 g/mol. The molecule has 0 aromatic carbocycles. The van der Waals surface area contributed by atoms with Crippen LogP contribution in [-0.4, -0.2) is 16.4 Å². The van der Waals surface area contributed by atoms with E-state index in [1.54, 1.807) is 0 Å². The first-order valence-electron chi connectivity index (χ1n) is 4.49. The van der Waals surface area contributed by atoms with Crippen molar-refractivity contribution in [2.45, 2.75) is 34.6 Å². The Balaban J connectivity index is 5.25. The van der Waals surface area contributed by atoms with E-state index < -0.39 is 11.4 Å². The van der Waals surface area contributed by atoms with Gasteiger partial charge in [0.05, 0.1) is 5.41 Å². The number of hydrogen-bond donors (Lipinski definition) is 1. The van der Waals surface area contributed by atoms with Crippen LogP contribution in [0.5, 0.6) is 0 Å². The number of carboxylic acids is 1. The molecule has 0 rings (SSSR count). The molecule has 0 heterocycles. The highest BCUT2D eigenvalue weighted by Gasteiger charge is 2.50. The molecule has 0 aromatic rings. The first-order chi connectivity index (χ1) is 5.70. The maximum absolute atomic E-state index is 11.3. The van der Waals surface area contributed by atoms with Crippen molar-refractivity contribution in [2.75, 3.05) is 5.33 Å². The number of rotatable bonds is 3. The van der Waals surface area contributed by atoms with Gasteiger partial charge in [-0.15, -0.1) is 0 Å². The molecule has 1 atom stereocenters. The van der Waals surface area contributed by atoms with Crippen LogP contribution in [0.2, 0.25) is 0 Å². The third-order valence-corrected chi connectivity index (χ3v) is 3.80. The first kappa shape index (κ1) is 12.9. The molecule has 0 aromatic heterocycles. The van der Waals surface area contributed by atoms with Crippen LogP contribution in [0.4, 0.5) is 0 Å². The van der Waals surface area contributed by atoms with Crippen molar-refractivity contribution in [3.63, 3.8) is 0 Å². The second-order valence-corrected chi connectivity index (χ2v) is 5.38. The van der Waals surface area contributed by atoms with Gasteiger partial charge in [-0.3, -0.25) is 4.79 Å². The minimum atomic E-state index is -0.716. The maximum Gasteiger partial charge on any atom is 0.311 e. The summed E-state index contributed by atoms with van der Waals surface area (Å²) in [6.07, 6.45) is 0. The van der Waals surface area contributed by atoms with Gasteiger partial charge in [0.15, 0.2) is 0 Å². The predicted molar refractivity (Wildman–Crippen MR) is 58.2 cm³/mol. The predicted octanol–water partition coefficient (Wildman–Crippen LogP) is 3.15. The lowest BCUT2D eigenvalue weighted by molar-refractivity contribution is -0.158. The number of halogens is 1. The van der Waals surface area contributed by atoms with Gasteiger partial charge in [-0.1, -0.05) is 50.5 Å². The van der Waals surface area contributed by atoms with Crippen LogP contribution in [0.1, 0.15) is 34.6 Å². The largest absolute Gasteiger partial charge is 0.481 e. The summed E-state index contributed by atoms with van der Waals surface area (Å²) in [5, 5.41) is 9.80. The average Bonchev–Trinajstić information content (AvgIpc) is 1.83. The normalized spacial score (nSPS) is 17.2. The Labute approximate surface area is 88.8 Å². The van der Waals surface area contributed by atoms with Crippen LogP contribution < -0.4 is 0 Å². The van der Waals surface area contributed by atoms with Crippen molar-refractivity contribution in [1.82, 2.24) is 0 Å². The second-order valence-electron chi connectivity index (χ2n) is 4.81. The Kier molecular flexibility index (Phi) is 3.97. The minimum Gasteiger partial charge on any atom is -0.481 e. The number of carbonyl (C=O) groups is 1. The molecular formula is C10H19BrO2. The molecule has 78 valence electrons. The SMILES string of the molecule is CC(C)C(CBr)(C(=O)O)C(C)(C)C. The summed E-state index contributed by atoms with van der Waals surface area (Å²) in [4.78, 5) is 11.3. The van der Waals surface area contributed by atoms with E-state index in [1.807, 2.05) is 34.6 Å². The summed E-state index contributed by atoms with van der Waals surface area (Å²) < 4.78 is 0. The molecule has 2 nitrogen and oxygen atoms in total. The molecule has 0 fully saturated rings. The van der Waals surface area contributed by atoms with Crippen LogP contribution >= 0.6 is 15.9 Å². The van der Waals surface area contributed by atoms with E-state index in [2.05, 4.69) is 15.9 Å². The van der Waals surface area contributed by atoms with Crippen LogP contribution in [0.3, 0.4) is 0 Å². The molecule has 0 bridgehead atoms. The molecule has 1 unspecified atom stereocenters. The van der Waals surface area contributed by atoms with E-state index in [0.717, 1.165) is 0 Å². The summed E-state index contributed by atoms with van der Waals surface area (Å²) in [7, 11) is 0. The molecule has 1 N–H and O–H groups in total. The molecule has 0 amide bonds. The number of alkyl halides is 1. The molecule has 0 aliphatic rings. The molecule has 13 heavy (non-hydrogen) atoms. The molecule has 0 radical (unpaired) electrons. The highest BCUT2D eigenvalue weighted by molar-refractivity contribution is 9.09. The molecule has 0 aliphatic carbocycles. The third kappa shape index (κ3) is 2.06. The lowest BCUT2D eigenvalue weighted by Gasteiger charge is -2.43. The van der Waals surface area contributed by atoms with Crippen LogP contribution in [0.15, 0.2) is 0 Å². The van der Waals surface area contributed by atoms with Crippen LogP contribution in [-0.2, 0) is 4.79 Å².